The minimum atomic E-state index is 0.236. The minimum Gasteiger partial charge on any atom is -0.248 e. The second-order valence-corrected chi connectivity index (χ2v) is 2.51. The van der Waals surface area contributed by atoms with Gasteiger partial charge in [0, 0.05) is 12.4 Å². The Hall–Kier alpha value is -1.76. The van der Waals surface area contributed by atoms with E-state index in [2.05, 4.69) is 42.6 Å². The number of aromatic nitrogens is 6. The summed E-state index contributed by atoms with van der Waals surface area (Å²) in [5.41, 5.74) is 0. The molecule has 0 saturated heterocycles. The summed E-state index contributed by atoms with van der Waals surface area (Å²) in [5, 5.41) is 13.7. The molecule has 13 heavy (non-hydrogen) atoms. The molecule has 64 valence electrons. The van der Waals surface area contributed by atoms with E-state index in [1.165, 1.54) is 0 Å². The van der Waals surface area contributed by atoms with Gasteiger partial charge in [-0.1, -0.05) is 0 Å². The number of rotatable bonds is 1. The molecule has 0 amide bonds. The third-order valence-corrected chi connectivity index (χ3v) is 1.43. The highest BCUT2D eigenvalue weighted by Crippen LogP contribution is 2.02. The van der Waals surface area contributed by atoms with Crippen LogP contribution >= 0.6 is 12.2 Å². The van der Waals surface area contributed by atoms with Gasteiger partial charge in [0.15, 0.2) is 0 Å². The fourth-order valence-electron chi connectivity index (χ4n) is 0.748. The van der Waals surface area contributed by atoms with Crippen molar-refractivity contribution in [2.75, 3.05) is 0 Å². The lowest BCUT2D eigenvalue weighted by molar-refractivity contribution is 0.835. The zero-order chi connectivity index (χ0) is 9.10. The average molecular weight is 192 g/mol. The van der Waals surface area contributed by atoms with Crippen LogP contribution in [-0.2, 0) is 0 Å². The van der Waals surface area contributed by atoms with Crippen LogP contribution in [0.2, 0.25) is 0 Å². The van der Waals surface area contributed by atoms with E-state index < -0.39 is 0 Å². The van der Waals surface area contributed by atoms with E-state index in [1.807, 2.05) is 0 Å². The summed E-state index contributed by atoms with van der Waals surface area (Å²) in [6, 6.07) is 1.71. The van der Waals surface area contributed by atoms with Crippen molar-refractivity contribution in [1.29, 1.82) is 0 Å². The molecule has 0 bridgehead atoms. The van der Waals surface area contributed by atoms with Crippen molar-refractivity contribution < 1.29 is 0 Å². The number of hydrogen-bond acceptors (Lipinski definition) is 6. The van der Waals surface area contributed by atoms with Crippen molar-refractivity contribution in [3.8, 4) is 11.6 Å². The van der Waals surface area contributed by atoms with Crippen molar-refractivity contribution >= 4 is 12.2 Å². The van der Waals surface area contributed by atoms with Gasteiger partial charge < -0.3 is 0 Å². The van der Waals surface area contributed by atoms with Gasteiger partial charge in [-0.25, -0.2) is 15.1 Å². The molecule has 0 saturated carbocycles. The van der Waals surface area contributed by atoms with Gasteiger partial charge in [-0.15, -0.1) is 15.3 Å². The van der Waals surface area contributed by atoms with Crippen LogP contribution in [0.3, 0.4) is 0 Å². The van der Waals surface area contributed by atoms with Gasteiger partial charge in [0.2, 0.25) is 16.4 Å². The number of nitrogens with one attached hydrogen (secondary N) is 1. The SMILES string of the molecule is S=c1nnc(-c2ncccn2)n[nH]1. The number of H-pyrrole nitrogens is 1. The summed E-state index contributed by atoms with van der Waals surface area (Å²) in [5.74, 6) is 0.746. The maximum absolute atomic E-state index is 4.69. The first kappa shape index (κ1) is 7.87. The number of hydrogen-bond donors (Lipinski definition) is 1. The Kier molecular flexibility index (Phi) is 2.01. The molecule has 2 aromatic rings. The molecular weight excluding hydrogens is 188 g/mol. The van der Waals surface area contributed by atoms with Crippen LogP contribution in [-0.4, -0.2) is 30.4 Å². The molecule has 2 aromatic heterocycles. The first-order valence-electron chi connectivity index (χ1n) is 3.43. The van der Waals surface area contributed by atoms with Crippen molar-refractivity contribution in [3.63, 3.8) is 0 Å². The van der Waals surface area contributed by atoms with Gasteiger partial charge in [0.1, 0.15) is 0 Å². The summed E-state index contributed by atoms with van der Waals surface area (Å²) >= 11 is 4.69. The second kappa shape index (κ2) is 3.31. The molecule has 0 aromatic carbocycles. The topological polar surface area (TPSA) is 80.2 Å². The standard InChI is InChI=1S/C6H4N6S/c13-6-11-9-5(10-12-6)4-7-2-1-3-8-4/h1-3H,(H,11,12,13). The molecule has 1 N–H and O–H groups in total. The molecule has 0 spiro atoms. The third kappa shape index (κ3) is 1.70. The zero-order valence-electron chi connectivity index (χ0n) is 6.38. The minimum absolute atomic E-state index is 0.236. The summed E-state index contributed by atoms with van der Waals surface area (Å²) in [4.78, 5) is 7.90. The van der Waals surface area contributed by atoms with Crippen molar-refractivity contribution in [3.05, 3.63) is 23.2 Å². The van der Waals surface area contributed by atoms with E-state index in [1.54, 1.807) is 18.5 Å². The number of nitrogens with zero attached hydrogens (tertiary/aromatic N) is 5. The molecule has 0 aliphatic heterocycles. The van der Waals surface area contributed by atoms with E-state index >= 15 is 0 Å². The van der Waals surface area contributed by atoms with E-state index in [0.29, 0.717) is 11.6 Å². The zero-order valence-corrected chi connectivity index (χ0v) is 7.19. The highest BCUT2D eigenvalue weighted by atomic mass is 32.1. The Morgan fingerprint density at radius 2 is 1.85 bits per heavy atom. The Balaban J connectivity index is 2.48. The predicted octanol–water partition coefficient (Wildman–Crippen LogP) is 0.386. The van der Waals surface area contributed by atoms with Crippen LogP contribution in [0.25, 0.3) is 11.6 Å². The second-order valence-electron chi connectivity index (χ2n) is 2.12. The Morgan fingerprint density at radius 3 is 2.46 bits per heavy atom. The first-order chi connectivity index (χ1) is 6.36. The van der Waals surface area contributed by atoms with Crippen LogP contribution in [0, 0.1) is 4.77 Å². The van der Waals surface area contributed by atoms with Crippen LogP contribution in [0.4, 0.5) is 0 Å². The van der Waals surface area contributed by atoms with E-state index in [0.717, 1.165) is 0 Å². The molecule has 0 radical (unpaired) electrons. The summed E-state index contributed by atoms with van der Waals surface area (Å²) < 4.78 is 0.236. The average Bonchev–Trinajstić information content (AvgIpc) is 2.20. The third-order valence-electron chi connectivity index (χ3n) is 1.26. The van der Waals surface area contributed by atoms with Gasteiger partial charge in [-0.3, -0.25) is 0 Å². The Morgan fingerprint density at radius 1 is 1.08 bits per heavy atom. The van der Waals surface area contributed by atoms with Gasteiger partial charge >= 0.3 is 0 Å². The molecule has 0 aliphatic carbocycles. The Bertz CT molecular complexity index is 432. The summed E-state index contributed by atoms with van der Waals surface area (Å²) in [6.45, 7) is 0. The molecule has 0 aliphatic rings. The van der Waals surface area contributed by atoms with Crippen LogP contribution in [0.1, 0.15) is 0 Å². The van der Waals surface area contributed by atoms with E-state index in [-0.39, 0.29) is 4.77 Å². The van der Waals surface area contributed by atoms with Gasteiger partial charge in [-0.05, 0) is 18.3 Å². The van der Waals surface area contributed by atoms with Crippen LogP contribution < -0.4 is 0 Å². The lowest BCUT2D eigenvalue weighted by Gasteiger charge is -1.93. The maximum atomic E-state index is 4.69. The van der Waals surface area contributed by atoms with Crippen molar-refractivity contribution in [1.82, 2.24) is 30.4 Å². The summed E-state index contributed by atoms with van der Waals surface area (Å²) in [7, 11) is 0. The van der Waals surface area contributed by atoms with Crippen molar-refractivity contribution in [2.24, 2.45) is 0 Å². The smallest absolute Gasteiger partial charge is 0.238 e. The highest BCUT2D eigenvalue weighted by Gasteiger charge is 2.02. The van der Waals surface area contributed by atoms with Crippen molar-refractivity contribution in [2.45, 2.75) is 0 Å². The molecule has 7 heteroatoms. The molecule has 0 fully saturated rings. The molecule has 6 nitrogen and oxygen atoms in total. The van der Waals surface area contributed by atoms with Gasteiger partial charge in [0.05, 0.1) is 0 Å². The first-order valence-corrected chi connectivity index (χ1v) is 3.84. The fraction of sp³-hybridized carbons (Fsp3) is 0. The highest BCUT2D eigenvalue weighted by molar-refractivity contribution is 7.71. The lowest BCUT2D eigenvalue weighted by atomic mass is 10.5. The predicted molar refractivity (Wildman–Crippen MR) is 46.0 cm³/mol. The summed E-state index contributed by atoms with van der Waals surface area (Å²) in [6.07, 6.45) is 3.21. The number of aromatic amines is 1. The van der Waals surface area contributed by atoms with Gasteiger partial charge in [0.25, 0.3) is 0 Å². The quantitative estimate of drug-likeness (QED) is 0.658. The lowest BCUT2D eigenvalue weighted by Crippen LogP contribution is -1.98. The fourth-order valence-corrected chi connectivity index (χ4v) is 0.834. The molecule has 2 rings (SSSR count). The van der Waals surface area contributed by atoms with E-state index in [4.69, 9.17) is 0 Å². The maximum Gasteiger partial charge on any atom is 0.238 e. The molecular formula is C6H4N6S. The van der Waals surface area contributed by atoms with E-state index in [9.17, 15) is 0 Å². The Labute approximate surface area is 78.1 Å². The molecule has 0 unspecified atom stereocenters. The van der Waals surface area contributed by atoms with Gasteiger partial charge in [-0.2, -0.15) is 0 Å². The normalized spacial score (nSPS) is 9.85. The molecule has 2 heterocycles. The monoisotopic (exact) mass is 192 g/mol. The van der Waals surface area contributed by atoms with Crippen LogP contribution in [0.15, 0.2) is 18.5 Å². The van der Waals surface area contributed by atoms with Crippen LogP contribution in [0.5, 0.6) is 0 Å². The molecule has 0 atom stereocenters. The largest absolute Gasteiger partial charge is 0.248 e.